The number of fused-ring (bicyclic) bond motifs is 1. The van der Waals surface area contributed by atoms with Gasteiger partial charge in [0.1, 0.15) is 5.75 Å². The molecule has 1 heterocycles. The second-order valence-electron chi connectivity index (χ2n) is 11.1. The summed E-state index contributed by atoms with van der Waals surface area (Å²) in [6.07, 6.45) is -5.05. The van der Waals surface area contributed by atoms with Gasteiger partial charge in [0.05, 0.1) is 18.7 Å². The van der Waals surface area contributed by atoms with Crippen LogP contribution in [0.5, 0.6) is 5.75 Å². The Hall–Kier alpha value is -4.69. The number of halogens is 4. The smallest absolute Gasteiger partial charge is 0.479 e. The van der Waals surface area contributed by atoms with Crippen LogP contribution in [0.15, 0.2) is 66.7 Å². The second kappa shape index (κ2) is 13.3. The number of benzene rings is 3. The van der Waals surface area contributed by atoms with Crippen LogP contribution in [0, 0.1) is 0 Å². The highest BCUT2D eigenvalue weighted by molar-refractivity contribution is 6.02. The van der Waals surface area contributed by atoms with Gasteiger partial charge in [-0.1, -0.05) is 43.5 Å². The molecule has 1 saturated carbocycles. The molecule has 14 heteroatoms. The van der Waals surface area contributed by atoms with Crippen LogP contribution in [0.4, 0.5) is 33.7 Å². The van der Waals surface area contributed by atoms with Crippen molar-refractivity contribution in [2.75, 3.05) is 16.8 Å². The predicted octanol–water partition coefficient (Wildman–Crippen LogP) is 6.16. The fraction of sp³-hybridized carbons (Fsp3) is 0.344. The first-order valence-corrected chi connectivity index (χ1v) is 14.6. The number of anilines is 2. The van der Waals surface area contributed by atoms with E-state index in [1.165, 1.54) is 23.5 Å². The van der Waals surface area contributed by atoms with Crippen LogP contribution in [-0.2, 0) is 22.2 Å². The van der Waals surface area contributed by atoms with E-state index in [0.717, 1.165) is 49.4 Å². The van der Waals surface area contributed by atoms with Gasteiger partial charge in [0.25, 0.3) is 5.91 Å². The van der Waals surface area contributed by atoms with Crippen LogP contribution in [0.2, 0.25) is 0 Å². The maximum absolute atomic E-state index is 14.4. The molecule has 1 fully saturated rings. The Bertz CT molecular complexity index is 1580. The molecule has 10 nitrogen and oxygen atoms in total. The van der Waals surface area contributed by atoms with Gasteiger partial charge in [-0.3, -0.25) is 9.69 Å². The molecule has 3 aromatic rings. The van der Waals surface area contributed by atoms with E-state index < -0.39 is 54.3 Å². The number of hydrogen-bond acceptors (Lipinski definition) is 6. The van der Waals surface area contributed by atoms with Gasteiger partial charge in [0.15, 0.2) is 6.10 Å². The number of rotatable bonds is 9. The van der Waals surface area contributed by atoms with Crippen LogP contribution in [0.25, 0.3) is 0 Å². The Morgan fingerprint density at radius 2 is 1.61 bits per heavy atom. The largest absolute Gasteiger partial charge is 0.540 e. The summed E-state index contributed by atoms with van der Waals surface area (Å²) < 4.78 is 63.3. The lowest BCUT2D eigenvalue weighted by Crippen LogP contribution is -2.41. The Balaban J connectivity index is 1.37. The van der Waals surface area contributed by atoms with Crippen molar-refractivity contribution in [3.63, 3.8) is 0 Å². The number of carbonyl (C=O) groups is 3. The zero-order valence-electron chi connectivity index (χ0n) is 24.4. The molecule has 5 rings (SSSR count). The lowest BCUT2D eigenvalue weighted by atomic mass is 9.84. The lowest BCUT2D eigenvalue weighted by Gasteiger charge is -2.31. The summed E-state index contributed by atoms with van der Waals surface area (Å²) in [5, 5.41) is 23.0. The average Bonchev–Trinajstić information content (AvgIpc) is 3.02. The van der Waals surface area contributed by atoms with E-state index in [-0.39, 0.29) is 17.8 Å². The number of alkyl halides is 4. The van der Waals surface area contributed by atoms with Crippen molar-refractivity contribution in [1.82, 2.24) is 5.32 Å². The summed E-state index contributed by atoms with van der Waals surface area (Å²) in [4.78, 5) is 38.1. The van der Waals surface area contributed by atoms with Crippen molar-refractivity contribution >= 4 is 29.3 Å². The SMILES string of the molecule is O=C(NCC(O)C(=O)O)c1ccc(CN(C(=O)Nc2ccc3c(c2)C(F)(F)OC(F)(F)O3)c2ccc(C3CCCCC3)cc2)cc1. The first kappa shape index (κ1) is 32.7. The molecule has 0 bridgehead atoms. The summed E-state index contributed by atoms with van der Waals surface area (Å²) in [7, 11) is 0. The zero-order chi connectivity index (χ0) is 33.1. The average molecular weight is 646 g/mol. The van der Waals surface area contributed by atoms with E-state index in [1.807, 2.05) is 12.1 Å². The van der Waals surface area contributed by atoms with Crippen molar-refractivity contribution in [2.45, 2.75) is 63.1 Å². The van der Waals surface area contributed by atoms with Crippen LogP contribution in [0.1, 0.15) is 65.1 Å². The highest BCUT2D eigenvalue weighted by Crippen LogP contribution is 2.47. The van der Waals surface area contributed by atoms with Gasteiger partial charge >= 0.3 is 24.4 Å². The molecule has 1 aliphatic carbocycles. The van der Waals surface area contributed by atoms with E-state index in [1.54, 1.807) is 24.3 Å². The molecule has 1 aliphatic heterocycles. The third kappa shape index (κ3) is 7.74. The first-order chi connectivity index (χ1) is 21.8. The molecule has 0 spiro atoms. The molecule has 244 valence electrons. The normalized spacial score (nSPS) is 17.6. The van der Waals surface area contributed by atoms with Gasteiger partial charge in [-0.05, 0) is 72.4 Å². The van der Waals surface area contributed by atoms with E-state index in [2.05, 4.69) is 20.1 Å². The molecule has 2 aliphatic rings. The summed E-state index contributed by atoms with van der Waals surface area (Å²) in [6.45, 7) is -0.510. The standard InChI is InChI=1S/C32H31F4N3O7/c33-31(34)25-16-23(12-15-27(25)45-32(35,36)46-31)38-30(44)39(24-13-10-21(11-14-24)20-4-2-1-3-5-20)18-19-6-8-22(9-7-19)28(41)37-17-26(40)29(42)43/h6-16,20,26,40H,1-5,17-18H2,(H,37,41)(H,38,44)(H,42,43). The number of urea groups is 1. The summed E-state index contributed by atoms with van der Waals surface area (Å²) >= 11 is 0. The van der Waals surface area contributed by atoms with Crippen molar-refractivity contribution in [3.8, 4) is 5.75 Å². The number of aliphatic hydroxyl groups is 1. The van der Waals surface area contributed by atoms with Gasteiger partial charge in [-0.25, -0.2) is 14.3 Å². The first-order valence-electron chi connectivity index (χ1n) is 14.6. The van der Waals surface area contributed by atoms with E-state index in [9.17, 15) is 37.1 Å². The van der Waals surface area contributed by atoms with Crippen LogP contribution in [0.3, 0.4) is 0 Å². The van der Waals surface area contributed by atoms with Gasteiger partial charge < -0.3 is 25.6 Å². The summed E-state index contributed by atoms with van der Waals surface area (Å²) in [5.41, 5.74) is 1.27. The number of carboxylic acid groups (broad SMARTS) is 1. The molecule has 4 N–H and O–H groups in total. The van der Waals surface area contributed by atoms with E-state index in [0.29, 0.717) is 17.2 Å². The minimum absolute atomic E-state index is 0.0201. The Labute approximate surface area is 260 Å². The molecule has 0 saturated heterocycles. The Morgan fingerprint density at radius 1 is 0.935 bits per heavy atom. The monoisotopic (exact) mass is 645 g/mol. The molecule has 3 aromatic carbocycles. The quantitative estimate of drug-likeness (QED) is 0.205. The molecule has 1 unspecified atom stereocenters. The van der Waals surface area contributed by atoms with E-state index in [4.69, 9.17) is 5.11 Å². The summed E-state index contributed by atoms with van der Waals surface area (Å²) in [5.74, 6) is -2.48. The highest BCUT2D eigenvalue weighted by atomic mass is 19.3. The molecule has 46 heavy (non-hydrogen) atoms. The topological polar surface area (TPSA) is 137 Å². The van der Waals surface area contributed by atoms with Crippen LogP contribution >= 0.6 is 0 Å². The molecule has 1 atom stereocenters. The van der Waals surface area contributed by atoms with Gasteiger partial charge in [0, 0.05) is 16.9 Å². The minimum Gasteiger partial charge on any atom is -0.479 e. The summed E-state index contributed by atoms with van der Waals surface area (Å²) in [6, 6.07) is 15.6. The number of aliphatic hydroxyl groups excluding tert-OH is 1. The van der Waals surface area contributed by atoms with Crippen molar-refractivity contribution in [2.24, 2.45) is 0 Å². The van der Waals surface area contributed by atoms with E-state index >= 15 is 0 Å². The number of nitrogens with zero attached hydrogens (tertiary/aromatic N) is 1. The Morgan fingerprint density at radius 3 is 2.26 bits per heavy atom. The zero-order valence-corrected chi connectivity index (χ0v) is 24.4. The second-order valence-corrected chi connectivity index (χ2v) is 11.1. The highest BCUT2D eigenvalue weighted by Gasteiger charge is 2.54. The van der Waals surface area contributed by atoms with Gasteiger partial charge in [-0.2, -0.15) is 8.78 Å². The number of ether oxygens (including phenoxy) is 2. The molecule has 0 aromatic heterocycles. The van der Waals surface area contributed by atoms with Crippen molar-refractivity contribution in [1.29, 1.82) is 0 Å². The number of hydrogen-bond donors (Lipinski definition) is 4. The third-order valence-electron chi connectivity index (χ3n) is 7.84. The van der Waals surface area contributed by atoms with Crippen molar-refractivity contribution < 1.29 is 51.6 Å². The fourth-order valence-electron chi connectivity index (χ4n) is 5.43. The van der Waals surface area contributed by atoms with Gasteiger partial charge in [-0.15, -0.1) is 8.78 Å². The minimum atomic E-state index is -4.53. The van der Waals surface area contributed by atoms with Gasteiger partial charge in [0.2, 0.25) is 0 Å². The van der Waals surface area contributed by atoms with Crippen LogP contribution < -0.4 is 20.3 Å². The third-order valence-corrected chi connectivity index (χ3v) is 7.84. The maximum Gasteiger partial charge on any atom is 0.540 e. The van der Waals surface area contributed by atoms with Crippen molar-refractivity contribution in [3.05, 3.63) is 89.0 Å². The Kier molecular flexibility index (Phi) is 9.49. The molecular formula is C32H31F4N3O7. The number of carbonyl (C=O) groups excluding carboxylic acids is 2. The number of carboxylic acids is 1. The molecular weight excluding hydrogens is 614 g/mol. The molecule has 0 radical (unpaired) electrons. The van der Waals surface area contributed by atoms with Crippen LogP contribution in [-0.4, -0.2) is 47.1 Å². The lowest BCUT2D eigenvalue weighted by molar-refractivity contribution is -0.461. The number of aliphatic carboxylic acids is 1. The maximum atomic E-state index is 14.4. The number of amides is 3. The fourth-order valence-corrected chi connectivity index (χ4v) is 5.43. The predicted molar refractivity (Wildman–Crippen MR) is 157 cm³/mol. The number of nitrogens with one attached hydrogen (secondary N) is 2. The molecule has 3 amide bonds.